The lowest BCUT2D eigenvalue weighted by Crippen LogP contribution is -2.29. The zero-order valence-electron chi connectivity index (χ0n) is 17.3. The summed E-state index contributed by atoms with van der Waals surface area (Å²) in [5.74, 6) is -0.0506. The van der Waals surface area contributed by atoms with Crippen LogP contribution in [0, 0.1) is 0 Å². The second-order valence-electron chi connectivity index (χ2n) is 6.74. The molecule has 3 N–H and O–H groups in total. The van der Waals surface area contributed by atoms with Crippen LogP contribution in [0.1, 0.15) is 22.8 Å². The van der Waals surface area contributed by atoms with E-state index in [0.29, 0.717) is 18.0 Å². The zero-order chi connectivity index (χ0) is 24.1. The Balaban J connectivity index is 1.63. The first-order valence-electron chi connectivity index (χ1n) is 9.68. The second kappa shape index (κ2) is 9.82. The summed E-state index contributed by atoms with van der Waals surface area (Å²) in [6.07, 6.45) is -4.51. The third kappa shape index (κ3) is 6.39. The number of hydrogen-bond donors (Lipinski definition) is 3. The van der Waals surface area contributed by atoms with Crippen molar-refractivity contribution in [1.82, 2.24) is 5.43 Å². The first-order chi connectivity index (χ1) is 15.6. The molecule has 0 saturated heterocycles. The van der Waals surface area contributed by atoms with Crippen LogP contribution in [0.4, 0.5) is 24.5 Å². The molecule has 0 fully saturated rings. The first kappa shape index (κ1) is 23.9. The maximum Gasteiger partial charge on any atom is 0.416 e. The van der Waals surface area contributed by atoms with Crippen LogP contribution < -0.4 is 20.3 Å². The summed E-state index contributed by atoms with van der Waals surface area (Å²) < 4.78 is 71.2. The van der Waals surface area contributed by atoms with Gasteiger partial charge in [0.2, 0.25) is 0 Å². The van der Waals surface area contributed by atoms with Gasteiger partial charge in [-0.3, -0.25) is 20.4 Å². The van der Waals surface area contributed by atoms with E-state index in [0.717, 1.165) is 12.1 Å². The van der Waals surface area contributed by atoms with Crippen LogP contribution in [-0.2, 0) is 16.2 Å². The van der Waals surface area contributed by atoms with Crippen molar-refractivity contribution in [1.29, 1.82) is 0 Å². The Morgan fingerprint density at radius 1 is 0.939 bits per heavy atom. The highest BCUT2D eigenvalue weighted by atomic mass is 32.2. The molecule has 0 bridgehead atoms. The minimum absolute atomic E-state index is 0.0388. The van der Waals surface area contributed by atoms with E-state index >= 15 is 0 Å². The number of carbonyl (C=O) groups excluding carboxylic acids is 1. The molecular formula is C22H20F3N3O4S. The van der Waals surface area contributed by atoms with Crippen LogP contribution in [0.15, 0.2) is 77.7 Å². The number of halogens is 3. The number of benzene rings is 3. The average molecular weight is 479 g/mol. The number of alkyl halides is 3. The molecule has 7 nitrogen and oxygen atoms in total. The average Bonchev–Trinajstić information content (AvgIpc) is 2.78. The third-order valence-corrected chi connectivity index (χ3v) is 5.75. The molecule has 0 aromatic heterocycles. The number of anilines is 2. The van der Waals surface area contributed by atoms with Crippen LogP contribution in [0.3, 0.4) is 0 Å². The smallest absolute Gasteiger partial charge is 0.416 e. The maximum atomic E-state index is 12.8. The Hall–Kier alpha value is -3.73. The van der Waals surface area contributed by atoms with E-state index in [1.165, 1.54) is 36.4 Å². The molecular weight excluding hydrogens is 459 g/mol. The molecule has 0 spiro atoms. The quantitative estimate of drug-likeness (QED) is 0.409. The number of carbonyl (C=O) groups is 1. The molecule has 0 atom stereocenters. The summed E-state index contributed by atoms with van der Waals surface area (Å²) >= 11 is 0. The van der Waals surface area contributed by atoms with Crippen LogP contribution in [0.5, 0.6) is 5.75 Å². The summed E-state index contributed by atoms with van der Waals surface area (Å²) in [7, 11) is -3.90. The number of sulfonamides is 1. The van der Waals surface area contributed by atoms with Gasteiger partial charge in [0, 0.05) is 11.3 Å². The number of rotatable bonds is 8. The van der Waals surface area contributed by atoms with E-state index in [-0.39, 0.29) is 16.1 Å². The van der Waals surface area contributed by atoms with Crippen LogP contribution in [-0.4, -0.2) is 20.9 Å². The summed E-state index contributed by atoms with van der Waals surface area (Å²) in [6, 6.07) is 15.8. The Morgan fingerprint density at radius 3 is 2.21 bits per heavy atom. The van der Waals surface area contributed by atoms with Gasteiger partial charge in [-0.2, -0.15) is 13.2 Å². The lowest BCUT2D eigenvalue weighted by Gasteiger charge is -2.12. The highest BCUT2D eigenvalue weighted by Gasteiger charge is 2.30. The number of nitrogens with one attached hydrogen (secondary N) is 3. The molecule has 33 heavy (non-hydrogen) atoms. The first-order valence-corrected chi connectivity index (χ1v) is 11.2. The molecule has 0 heterocycles. The number of amides is 1. The van der Waals surface area contributed by atoms with Crippen molar-refractivity contribution in [2.24, 2.45) is 0 Å². The van der Waals surface area contributed by atoms with Crippen LogP contribution in [0.25, 0.3) is 0 Å². The molecule has 0 aliphatic rings. The highest BCUT2D eigenvalue weighted by molar-refractivity contribution is 7.92. The lowest BCUT2D eigenvalue weighted by molar-refractivity contribution is -0.137. The van der Waals surface area contributed by atoms with E-state index in [1.807, 2.05) is 6.92 Å². The fraction of sp³-hybridized carbons (Fsp3) is 0.136. The fourth-order valence-corrected chi connectivity index (χ4v) is 3.82. The lowest BCUT2D eigenvalue weighted by atomic mass is 10.2. The maximum absolute atomic E-state index is 12.8. The van der Waals surface area contributed by atoms with Gasteiger partial charge in [-0.25, -0.2) is 8.42 Å². The predicted molar refractivity (Wildman–Crippen MR) is 117 cm³/mol. The largest absolute Gasteiger partial charge is 0.494 e. The molecule has 0 aliphatic carbocycles. The molecule has 1 amide bonds. The van der Waals surface area contributed by atoms with Crippen molar-refractivity contribution in [3.05, 3.63) is 83.9 Å². The Kier molecular flexibility index (Phi) is 7.12. The van der Waals surface area contributed by atoms with Gasteiger partial charge in [0.15, 0.2) is 0 Å². The minimum atomic E-state index is -4.51. The summed E-state index contributed by atoms with van der Waals surface area (Å²) in [5.41, 5.74) is 4.30. The van der Waals surface area contributed by atoms with Crippen LogP contribution in [0.2, 0.25) is 0 Å². The second-order valence-corrected chi connectivity index (χ2v) is 8.43. The Bertz CT molecular complexity index is 1210. The van der Waals surface area contributed by atoms with Gasteiger partial charge in [-0.05, 0) is 73.7 Å². The van der Waals surface area contributed by atoms with E-state index in [1.54, 1.807) is 24.3 Å². The van der Waals surface area contributed by atoms with Gasteiger partial charge >= 0.3 is 6.18 Å². The van der Waals surface area contributed by atoms with Crippen molar-refractivity contribution in [2.45, 2.75) is 18.0 Å². The molecule has 3 rings (SSSR count). The molecule has 0 radical (unpaired) electrons. The van der Waals surface area contributed by atoms with Crippen LogP contribution >= 0.6 is 0 Å². The summed E-state index contributed by atoms with van der Waals surface area (Å²) in [5, 5.41) is 0. The molecule has 0 unspecified atom stereocenters. The molecule has 0 aliphatic heterocycles. The topological polar surface area (TPSA) is 96.5 Å². The molecule has 3 aromatic carbocycles. The van der Waals surface area contributed by atoms with Gasteiger partial charge in [-0.1, -0.05) is 6.07 Å². The van der Waals surface area contributed by atoms with E-state index in [4.69, 9.17) is 4.74 Å². The summed E-state index contributed by atoms with van der Waals surface area (Å²) in [6.45, 7) is 2.32. The standard InChI is InChI=1S/C22H20F3N3O4S/c1-2-32-19-10-8-17(9-11-19)28-33(30,31)20-12-6-15(7-13-20)21(29)27-26-18-5-3-4-16(14-18)22(23,24)25/h3-14,26,28H,2H2,1H3,(H,27,29). The Labute approximate surface area is 188 Å². The molecule has 11 heteroatoms. The summed E-state index contributed by atoms with van der Waals surface area (Å²) in [4.78, 5) is 12.2. The molecule has 3 aromatic rings. The number of hydrazine groups is 1. The van der Waals surface area contributed by atoms with Gasteiger partial charge in [0.05, 0.1) is 22.8 Å². The molecule has 0 saturated carbocycles. The van der Waals surface area contributed by atoms with Gasteiger partial charge in [0.25, 0.3) is 15.9 Å². The Morgan fingerprint density at radius 2 is 1.61 bits per heavy atom. The minimum Gasteiger partial charge on any atom is -0.494 e. The number of hydrogen-bond acceptors (Lipinski definition) is 5. The SMILES string of the molecule is CCOc1ccc(NS(=O)(=O)c2ccc(C(=O)NNc3cccc(C(F)(F)F)c3)cc2)cc1. The normalized spacial score (nSPS) is 11.5. The van der Waals surface area contributed by atoms with Crippen molar-refractivity contribution in [3.63, 3.8) is 0 Å². The van der Waals surface area contributed by atoms with Gasteiger partial charge < -0.3 is 4.74 Å². The van der Waals surface area contributed by atoms with E-state index in [2.05, 4.69) is 15.6 Å². The van der Waals surface area contributed by atoms with Crippen molar-refractivity contribution in [2.75, 3.05) is 16.8 Å². The predicted octanol–water partition coefficient (Wildman–Crippen LogP) is 4.66. The fourth-order valence-electron chi connectivity index (χ4n) is 2.76. The number of ether oxygens (including phenoxy) is 1. The van der Waals surface area contributed by atoms with Crippen molar-refractivity contribution < 1.29 is 31.1 Å². The zero-order valence-corrected chi connectivity index (χ0v) is 18.1. The monoisotopic (exact) mass is 479 g/mol. The highest BCUT2D eigenvalue weighted by Crippen LogP contribution is 2.30. The van der Waals surface area contributed by atoms with Crippen molar-refractivity contribution >= 4 is 27.3 Å². The van der Waals surface area contributed by atoms with Gasteiger partial charge in [-0.15, -0.1) is 0 Å². The van der Waals surface area contributed by atoms with Gasteiger partial charge in [0.1, 0.15) is 5.75 Å². The third-order valence-electron chi connectivity index (χ3n) is 4.35. The van der Waals surface area contributed by atoms with Crippen molar-refractivity contribution in [3.8, 4) is 5.75 Å². The van der Waals surface area contributed by atoms with E-state index < -0.39 is 27.7 Å². The molecule has 174 valence electrons. The van der Waals surface area contributed by atoms with E-state index in [9.17, 15) is 26.4 Å².